The molecule has 314 valence electrons. The van der Waals surface area contributed by atoms with E-state index in [0.29, 0.717) is 64.3 Å². The molecule has 0 amide bonds. The van der Waals surface area contributed by atoms with Gasteiger partial charge in [-0.2, -0.15) is 4.99 Å². The Morgan fingerprint density at radius 3 is 1.34 bits per heavy atom. The van der Waals surface area contributed by atoms with Gasteiger partial charge < -0.3 is 25.2 Å². The minimum Gasteiger partial charge on any atom is -0.506 e. The summed E-state index contributed by atoms with van der Waals surface area (Å²) in [7, 11) is 0. The Hall–Kier alpha value is -7.56. The number of benzene rings is 1. The molecule has 0 fully saturated rings. The first kappa shape index (κ1) is 44.0. The number of aliphatic imine (C=N–C) groups is 1. The summed E-state index contributed by atoms with van der Waals surface area (Å²) < 4.78 is 6.36. The van der Waals surface area contributed by atoms with E-state index >= 15 is 0 Å². The van der Waals surface area contributed by atoms with Crippen molar-refractivity contribution in [2.24, 2.45) is 4.99 Å². The zero-order valence-electron chi connectivity index (χ0n) is 33.2. The van der Waals surface area contributed by atoms with Crippen LogP contribution >= 0.6 is 12.2 Å². The van der Waals surface area contributed by atoms with Crippen molar-refractivity contribution in [1.29, 1.82) is 0 Å². The lowest BCUT2D eigenvalue weighted by Gasteiger charge is -2.24. The van der Waals surface area contributed by atoms with Gasteiger partial charge in [-0.1, -0.05) is 43.0 Å². The summed E-state index contributed by atoms with van der Waals surface area (Å²) >= 11 is 4.72. The molecular formula is C45H40N8O8S. The maximum atomic E-state index is 11.8. The molecule has 0 aliphatic rings. The van der Waals surface area contributed by atoms with Crippen LogP contribution < -0.4 is 4.74 Å². The smallest absolute Gasteiger partial charge is 0.354 e. The first-order valence-electron chi connectivity index (χ1n) is 19.1. The van der Waals surface area contributed by atoms with Gasteiger partial charge in [0, 0.05) is 57.8 Å². The zero-order valence-corrected chi connectivity index (χ0v) is 34.0. The van der Waals surface area contributed by atoms with E-state index in [1.165, 1.54) is 18.2 Å². The molecule has 0 radical (unpaired) electrons. The van der Waals surface area contributed by atoms with E-state index in [9.17, 15) is 34.8 Å². The van der Waals surface area contributed by atoms with Crippen LogP contribution in [0.15, 0.2) is 121 Å². The molecule has 0 unspecified atom stereocenters. The topological polar surface area (TPSA) is 225 Å². The van der Waals surface area contributed by atoms with Crippen LogP contribution in [0.5, 0.6) is 5.75 Å². The number of carboxylic acid groups (broad SMARTS) is 3. The first-order chi connectivity index (χ1) is 29.9. The number of aliphatic hydroxyl groups excluding tert-OH is 1. The third-order valence-corrected chi connectivity index (χ3v) is 9.26. The molecule has 5 heterocycles. The lowest BCUT2D eigenvalue weighted by atomic mass is 10.1. The minimum absolute atomic E-state index is 0.108. The Kier molecular flexibility index (Phi) is 15.0. The van der Waals surface area contributed by atoms with Gasteiger partial charge in [0.2, 0.25) is 0 Å². The Balaban J connectivity index is 1.36. The van der Waals surface area contributed by atoms with E-state index in [2.05, 4.69) is 36.7 Å². The second kappa shape index (κ2) is 21.1. The standard InChI is InChI=1S/C45H40N8O8S/c1-29(54)39-10-2-6-32(48-39)22-52(23-33-7-3-11-40(49-33)43(55)56)26-36-20-38(61-19-18-30-14-16-31(17-15-30)46-28-62)21-37(47-36)27-53(24-34-8-4-12-41(50-34)44(57)58)25-35-9-5-13-42(51-35)45(59)60/h2-17,20-21,54H,1,18-19,22-27H2,(H,55,56)(H,57,58)(H,59,60). The maximum Gasteiger partial charge on any atom is 0.354 e. The predicted molar refractivity (Wildman–Crippen MR) is 230 cm³/mol. The molecular weight excluding hydrogens is 813 g/mol. The molecule has 0 atom stereocenters. The summed E-state index contributed by atoms with van der Waals surface area (Å²) in [5.41, 5.74) is 4.76. The highest BCUT2D eigenvalue weighted by Crippen LogP contribution is 2.22. The normalized spacial score (nSPS) is 10.9. The monoisotopic (exact) mass is 852 g/mol. The number of hydrogen-bond acceptors (Lipinski definition) is 14. The molecule has 6 rings (SSSR count). The maximum absolute atomic E-state index is 11.8. The van der Waals surface area contributed by atoms with Gasteiger partial charge >= 0.3 is 17.9 Å². The van der Waals surface area contributed by atoms with Crippen LogP contribution in [0.25, 0.3) is 5.76 Å². The molecule has 0 saturated heterocycles. The van der Waals surface area contributed by atoms with E-state index in [-0.39, 0.29) is 62.1 Å². The Bertz CT molecular complexity index is 2380. The van der Waals surface area contributed by atoms with E-state index < -0.39 is 17.9 Å². The zero-order chi connectivity index (χ0) is 44.0. The lowest BCUT2D eigenvalue weighted by Crippen LogP contribution is -2.26. The summed E-state index contributed by atoms with van der Waals surface area (Å²) in [5.74, 6) is -3.20. The number of aromatic nitrogens is 5. The fourth-order valence-electron chi connectivity index (χ4n) is 6.44. The molecule has 0 bridgehead atoms. The largest absolute Gasteiger partial charge is 0.506 e. The molecule has 6 aromatic rings. The summed E-state index contributed by atoms with van der Waals surface area (Å²) in [4.78, 5) is 65.9. The first-order valence-corrected chi connectivity index (χ1v) is 19.5. The number of rotatable bonds is 21. The molecule has 4 N–H and O–H groups in total. The quantitative estimate of drug-likeness (QED) is 0.0323. The third-order valence-electron chi connectivity index (χ3n) is 9.17. The molecule has 0 saturated carbocycles. The van der Waals surface area contributed by atoms with E-state index in [0.717, 1.165) is 5.56 Å². The second-order valence-electron chi connectivity index (χ2n) is 14.0. The molecule has 16 nitrogen and oxygen atoms in total. The van der Waals surface area contributed by atoms with Crippen LogP contribution in [0.4, 0.5) is 5.69 Å². The number of ether oxygens (including phenoxy) is 1. The minimum atomic E-state index is -1.18. The molecule has 1 aromatic carbocycles. The van der Waals surface area contributed by atoms with E-state index in [1.54, 1.807) is 60.7 Å². The van der Waals surface area contributed by atoms with E-state index in [1.807, 2.05) is 40.1 Å². The van der Waals surface area contributed by atoms with Crippen LogP contribution in [0.2, 0.25) is 0 Å². The lowest BCUT2D eigenvalue weighted by molar-refractivity contribution is 0.0679. The number of carbonyl (C=O) groups is 3. The van der Waals surface area contributed by atoms with Gasteiger partial charge in [0.25, 0.3) is 0 Å². The number of hydrogen-bond donors (Lipinski definition) is 4. The van der Waals surface area contributed by atoms with Crippen LogP contribution in [0, 0.1) is 0 Å². The van der Waals surface area contributed by atoms with Gasteiger partial charge in [0.05, 0.1) is 51.6 Å². The van der Waals surface area contributed by atoms with Gasteiger partial charge in [-0.05, 0) is 78.4 Å². The number of isothiocyanates is 1. The highest BCUT2D eigenvalue weighted by Gasteiger charge is 2.19. The highest BCUT2D eigenvalue weighted by molar-refractivity contribution is 7.78. The summed E-state index contributed by atoms with van der Waals surface area (Å²) in [6.45, 7) is 5.03. The SMILES string of the molecule is C=C(O)c1cccc(CN(Cc2cc(OCCc3ccc(N=C=S)cc3)cc(CN(Cc3cccc(C(=O)O)n3)Cc3cccc(C(=O)O)n3)n2)Cc2cccc(C(=O)O)n2)n1. The van der Waals surface area contributed by atoms with Crippen LogP contribution in [0.3, 0.4) is 0 Å². The molecule has 0 spiro atoms. The molecule has 5 aromatic heterocycles. The Morgan fingerprint density at radius 1 is 0.565 bits per heavy atom. The van der Waals surface area contributed by atoms with Crippen LogP contribution in [-0.4, -0.2) is 84.8 Å². The summed E-state index contributed by atoms with van der Waals surface area (Å²) in [6, 6.07) is 30.5. The fourth-order valence-corrected chi connectivity index (χ4v) is 6.55. The van der Waals surface area contributed by atoms with Crippen LogP contribution in [-0.2, 0) is 45.7 Å². The molecule has 0 aliphatic heterocycles. The Labute approximate surface area is 361 Å². The molecule has 0 aliphatic carbocycles. The number of thiocarbonyl (C=S) groups is 1. The number of carboxylic acids is 3. The van der Waals surface area contributed by atoms with Crippen molar-refractivity contribution in [2.75, 3.05) is 6.61 Å². The third kappa shape index (κ3) is 13.0. The van der Waals surface area contributed by atoms with Crippen molar-refractivity contribution >= 4 is 46.7 Å². The summed E-state index contributed by atoms with van der Waals surface area (Å²) in [6.07, 6.45) is 0.563. The molecule has 17 heteroatoms. The summed E-state index contributed by atoms with van der Waals surface area (Å²) in [5, 5.41) is 41.4. The highest BCUT2D eigenvalue weighted by atomic mass is 32.1. The van der Waals surface area contributed by atoms with Gasteiger partial charge in [-0.25, -0.2) is 34.3 Å². The van der Waals surface area contributed by atoms with Crippen molar-refractivity contribution in [1.82, 2.24) is 34.7 Å². The second-order valence-corrected chi connectivity index (χ2v) is 14.1. The number of pyridine rings is 5. The van der Waals surface area contributed by atoms with Gasteiger partial charge in [-0.15, -0.1) is 0 Å². The van der Waals surface area contributed by atoms with Crippen molar-refractivity contribution in [3.05, 3.63) is 178 Å². The van der Waals surface area contributed by atoms with Crippen molar-refractivity contribution < 1.29 is 39.5 Å². The van der Waals surface area contributed by atoms with Gasteiger partial charge in [-0.3, -0.25) is 14.8 Å². The average molecular weight is 853 g/mol. The fraction of sp³-hybridized carbons (Fsp3) is 0.178. The number of aliphatic hydroxyl groups is 1. The van der Waals surface area contributed by atoms with Crippen LogP contribution in [0.1, 0.15) is 76.9 Å². The molecule has 62 heavy (non-hydrogen) atoms. The number of nitrogens with zero attached hydrogens (tertiary/aromatic N) is 8. The van der Waals surface area contributed by atoms with E-state index in [4.69, 9.17) is 21.9 Å². The van der Waals surface area contributed by atoms with Crippen molar-refractivity contribution in [3.8, 4) is 5.75 Å². The Morgan fingerprint density at radius 2 is 0.952 bits per heavy atom. The van der Waals surface area contributed by atoms with Crippen molar-refractivity contribution in [2.45, 2.75) is 45.7 Å². The average Bonchev–Trinajstić information content (AvgIpc) is 3.24. The van der Waals surface area contributed by atoms with Gasteiger partial charge in [0.15, 0.2) is 0 Å². The predicted octanol–water partition coefficient (Wildman–Crippen LogP) is 7.05. The number of aromatic carboxylic acids is 3. The van der Waals surface area contributed by atoms with Crippen molar-refractivity contribution in [3.63, 3.8) is 0 Å². The van der Waals surface area contributed by atoms with Gasteiger partial charge in [0.1, 0.15) is 34.3 Å².